The number of nitrogens with zero attached hydrogens (tertiary/aromatic N) is 3. The average Bonchev–Trinajstić information content (AvgIpc) is 3.32. The van der Waals surface area contributed by atoms with Gasteiger partial charge in [0.05, 0.1) is 11.1 Å². The number of aryl methyl sites for hydroxylation is 1. The predicted octanol–water partition coefficient (Wildman–Crippen LogP) is 3.41. The van der Waals surface area contributed by atoms with E-state index in [1.807, 2.05) is 37.8 Å². The number of amides is 2. The van der Waals surface area contributed by atoms with Crippen LogP contribution in [0.4, 0.5) is 11.4 Å². The van der Waals surface area contributed by atoms with Crippen LogP contribution in [0, 0.1) is 23.0 Å². The number of carbonyl (C=O) groups excluding carboxylic acids is 2. The van der Waals surface area contributed by atoms with Crippen LogP contribution in [0.3, 0.4) is 0 Å². The number of nitrogens with one attached hydrogen (secondary N) is 2. The van der Waals surface area contributed by atoms with E-state index in [4.69, 9.17) is 0 Å². The molecule has 33 heavy (non-hydrogen) atoms. The van der Waals surface area contributed by atoms with E-state index in [1.165, 1.54) is 12.3 Å². The standard InChI is InChI=1S/C24H29N5O4/c1-16(2)22(26-23(30)19-9-6-17(3)7-10-19)24(31)27-25-15-18-8-11-20(21(14-18)29(32)33)28-12-4-5-13-28/h6-11,14-16,22H,4-5,12-13H2,1-3H3,(H,26,30)(H,27,31). The molecule has 2 N–H and O–H groups in total. The molecule has 0 bridgehead atoms. The first-order valence-corrected chi connectivity index (χ1v) is 11.0. The molecule has 3 rings (SSSR count). The second-order valence-electron chi connectivity index (χ2n) is 8.49. The lowest BCUT2D eigenvalue weighted by Gasteiger charge is -2.20. The second kappa shape index (κ2) is 10.7. The lowest BCUT2D eigenvalue weighted by molar-refractivity contribution is -0.384. The van der Waals surface area contributed by atoms with E-state index in [9.17, 15) is 19.7 Å². The molecule has 2 amide bonds. The van der Waals surface area contributed by atoms with E-state index in [0.717, 1.165) is 31.5 Å². The summed E-state index contributed by atoms with van der Waals surface area (Å²) in [6, 6.07) is 11.2. The Bertz CT molecular complexity index is 1040. The smallest absolute Gasteiger partial charge is 0.293 e. The Hall–Kier alpha value is -3.75. The minimum atomic E-state index is -0.789. The van der Waals surface area contributed by atoms with Gasteiger partial charge in [-0.15, -0.1) is 0 Å². The summed E-state index contributed by atoms with van der Waals surface area (Å²) >= 11 is 0. The van der Waals surface area contributed by atoms with Gasteiger partial charge in [0.1, 0.15) is 11.7 Å². The Kier molecular flexibility index (Phi) is 7.76. The predicted molar refractivity (Wildman–Crippen MR) is 128 cm³/mol. The van der Waals surface area contributed by atoms with Gasteiger partial charge in [0.25, 0.3) is 17.5 Å². The van der Waals surface area contributed by atoms with Crippen LogP contribution in [0.15, 0.2) is 47.6 Å². The Balaban J connectivity index is 1.66. The molecule has 0 radical (unpaired) electrons. The van der Waals surface area contributed by atoms with Gasteiger partial charge in [-0.2, -0.15) is 5.10 Å². The van der Waals surface area contributed by atoms with Gasteiger partial charge in [-0.05, 0) is 43.9 Å². The van der Waals surface area contributed by atoms with Gasteiger partial charge in [0.2, 0.25) is 0 Å². The average molecular weight is 452 g/mol. The topological polar surface area (TPSA) is 117 Å². The lowest BCUT2D eigenvalue weighted by atomic mass is 10.0. The number of nitro benzene ring substituents is 1. The van der Waals surface area contributed by atoms with Crippen molar-refractivity contribution in [2.75, 3.05) is 18.0 Å². The maximum absolute atomic E-state index is 12.6. The fraction of sp³-hybridized carbons (Fsp3) is 0.375. The minimum Gasteiger partial charge on any atom is -0.366 e. The quantitative estimate of drug-likeness (QED) is 0.362. The number of rotatable bonds is 8. The lowest BCUT2D eigenvalue weighted by Crippen LogP contribution is -2.48. The zero-order chi connectivity index (χ0) is 24.0. The van der Waals surface area contributed by atoms with Crippen molar-refractivity contribution in [2.45, 2.75) is 39.7 Å². The molecule has 1 atom stereocenters. The van der Waals surface area contributed by atoms with Crippen LogP contribution >= 0.6 is 0 Å². The van der Waals surface area contributed by atoms with E-state index >= 15 is 0 Å². The van der Waals surface area contributed by atoms with Crippen molar-refractivity contribution >= 4 is 29.4 Å². The van der Waals surface area contributed by atoms with Crippen LogP contribution in [0.25, 0.3) is 0 Å². The first kappa shape index (κ1) is 23.9. The molecule has 1 heterocycles. The summed E-state index contributed by atoms with van der Waals surface area (Å²) in [7, 11) is 0. The molecule has 0 spiro atoms. The summed E-state index contributed by atoms with van der Waals surface area (Å²) in [6.07, 6.45) is 3.39. The van der Waals surface area contributed by atoms with Gasteiger partial charge in [-0.25, -0.2) is 5.43 Å². The molecule has 2 aromatic rings. The molecule has 0 saturated carbocycles. The van der Waals surface area contributed by atoms with Gasteiger partial charge in [0, 0.05) is 30.3 Å². The van der Waals surface area contributed by atoms with Crippen molar-refractivity contribution in [1.29, 1.82) is 0 Å². The third-order valence-corrected chi connectivity index (χ3v) is 5.58. The molecule has 9 nitrogen and oxygen atoms in total. The van der Waals surface area contributed by atoms with Crippen molar-refractivity contribution < 1.29 is 14.5 Å². The summed E-state index contributed by atoms with van der Waals surface area (Å²) in [5, 5.41) is 18.2. The molecule has 2 aromatic carbocycles. The van der Waals surface area contributed by atoms with Crippen LogP contribution < -0.4 is 15.6 Å². The molecule has 9 heteroatoms. The summed E-state index contributed by atoms with van der Waals surface area (Å²) in [4.78, 5) is 38.3. The van der Waals surface area contributed by atoms with Crippen molar-refractivity contribution in [1.82, 2.24) is 10.7 Å². The number of anilines is 1. The SMILES string of the molecule is Cc1ccc(C(=O)NC(C(=O)NN=Cc2ccc(N3CCCC3)c([N+](=O)[O-])c2)C(C)C)cc1. The zero-order valence-electron chi connectivity index (χ0n) is 19.1. The molecular weight excluding hydrogens is 422 g/mol. The van der Waals surface area contributed by atoms with Gasteiger partial charge in [0.15, 0.2) is 0 Å². The number of hydrogen-bond donors (Lipinski definition) is 2. The van der Waals surface area contributed by atoms with Crippen molar-refractivity contribution in [3.63, 3.8) is 0 Å². The normalized spacial score (nSPS) is 14.5. The molecule has 1 aliphatic heterocycles. The van der Waals surface area contributed by atoms with Crippen LogP contribution in [-0.4, -0.2) is 42.1 Å². The summed E-state index contributed by atoms with van der Waals surface area (Å²) < 4.78 is 0. The Morgan fingerprint density at radius 3 is 2.39 bits per heavy atom. The molecule has 1 fully saturated rings. The van der Waals surface area contributed by atoms with Crippen molar-refractivity contribution in [2.24, 2.45) is 11.0 Å². The maximum Gasteiger partial charge on any atom is 0.293 e. The molecule has 0 aromatic heterocycles. The van der Waals surface area contributed by atoms with Crippen LogP contribution in [0.5, 0.6) is 0 Å². The molecular formula is C24H29N5O4. The zero-order valence-corrected chi connectivity index (χ0v) is 19.1. The summed E-state index contributed by atoms with van der Waals surface area (Å²) in [5.74, 6) is -0.985. The van der Waals surface area contributed by atoms with E-state index in [2.05, 4.69) is 15.8 Å². The number of benzene rings is 2. The third kappa shape index (κ3) is 6.15. The highest BCUT2D eigenvalue weighted by Crippen LogP contribution is 2.31. The van der Waals surface area contributed by atoms with Crippen molar-refractivity contribution in [3.05, 3.63) is 69.3 Å². The fourth-order valence-corrected chi connectivity index (χ4v) is 3.70. The Morgan fingerprint density at radius 2 is 1.79 bits per heavy atom. The first-order chi connectivity index (χ1) is 15.8. The van der Waals surface area contributed by atoms with Crippen LogP contribution in [0.2, 0.25) is 0 Å². The van der Waals surface area contributed by atoms with Gasteiger partial charge in [-0.3, -0.25) is 19.7 Å². The van der Waals surface area contributed by atoms with Crippen LogP contribution in [-0.2, 0) is 4.79 Å². The summed E-state index contributed by atoms with van der Waals surface area (Å²) in [6.45, 7) is 7.18. The van der Waals surface area contributed by atoms with Gasteiger partial charge >= 0.3 is 0 Å². The van der Waals surface area contributed by atoms with Gasteiger partial charge in [-0.1, -0.05) is 37.6 Å². The molecule has 174 valence electrons. The van der Waals surface area contributed by atoms with Crippen molar-refractivity contribution in [3.8, 4) is 0 Å². The minimum absolute atomic E-state index is 0.0117. The summed E-state index contributed by atoms with van der Waals surface area (Å²) in [5.41, 5.74) is 5.03. The third-order valence-electron chi connectivity index (χ3n) is 5.58. The highest BCUT2D eigenvalue weighted by Gasteiger charge is 2.25. The van der Waals surface area contributed by atoms with E-state index in [1.54, 1.807) is 24.3 Å². The van der Waals surface area contributed by atoms with E-state index < -0.39 is 16.9 Å². The Labute approximate surface area is 193 Å². The number of nitro groups is 1. The molecule has 0 aliphatic carbocycles. The number of carbonyl (C=O) groups is 2. The molecule has 1 saturated heterocycles. The number of hydrogen-bond acceptors (Lipinski definition) is 6. The highest BCUT2D eigenvalue weighted by molar-refractivity contribution is 5.97. The Morgan fingerprint density at radius 1 is 1.12 bits per heavy atom. The maximum atomic E-state index is 12.6. The van der Waals surface area contributed by atoms with Crippen LogP contribution in [0.1, 0.15) is 48.2 Å². The monoisotopic (exact) mass is 451 g/mol. The van der Waals surface area contributed by atoms with E-state index in [0.29, 0.717) is 16.8 Å². The van der Waals surface area contributed by atoms with E-state index in [-0.39, 0.29) is 17.5 Å². The first-order valence-electron chi connectivity index (χ1n) is 11.0. The fourth-order valence-electron chi connectivity index (χ4n) is 3.70. The second-order valence-corrected chi connectivity index (χ2v) is 8.49. The van der Waals surface area contributed by atoms with Gasteiger partial charge < -0.3 is 10.2 Å². The number of hydrazone groups is 1. The molecule has 1 unspecified atom stereocenters. The molecule has 1 aliphatic rings. The highest BCUT2D eigenvalue weighted by atomic mass is 16.6. The largest absolute Gasteiger partial charge is 0.366 e.